The van der Waals surface area contributed by atoms with E-state index in [0.29, 0.717) is 52.1 Å². The topological polar surface area (TPSA) is 129 Å². The van der Waals surface area contributed by atoms with E-state index in [0.717, 1.165) is 17.1 Å². The highest BCUT2D eigenvalue weighted by Gasteiger charge is 2.65. The second kappa shape index (κ2) is 10.4. The first-order chi connectivity index (χ1) is 19.5. The van der Waals surface area contributed by atoms with Gasteiger partial charge >= 0.3 is 12.1 Å². The molecule has 10 nitrogen and oxygen atoms in total. The molecule has 2 heterocycles. The van der Waals surface area contributed by atoms with Gasteiger partial charge in [-0.05, 0) is 55.3 Å². The highest BCUT2D eigenvalue weighted by Crippen LogP contribution is 2.63. The highest BCUT2D eigenvalue weighted by atomic mass is 28.3. The van der Waals surface area contributed by atoms with E-state index in [2.05, 4.69) is 25.7 Å². The average Bonchev–Trinajstić information content (AvgIpc) is 3.32. The molecule has 1 fully saturated rings. The molecule has 0 radical (unpaired) electrons. The van der Waals surface area contributed by atoms with Gasteiger partial charge in [0.25, 0.3) is 0 Å². The molecule has 11 heteroatoms. The highest BCUT2D eigenvalue weighted by molar-refractivity contribution is 6.76. The van der Waals surface area contributed by atoms with Crippen LogP contribution >= 0.6 is 0 Å². The number of hydrogen-bond donors (Lipinski definition) is 1. The number of rotatable bonds is 9. The second-order valence-electron chi connectivity index (χ2n) is 11.8. The number of methoxy groups -OCH3 is 2. The predicted octanol–water partition coefficient (Wildman–Crippen LogP) is 5.50. The first-order valence-electron chi connectivity index (χ1n) is 13.5. The van der Waals surface area contributed by atoms with Crippen LogP contribution in [0.5, 0.6) is 5.75 Å². The molecular weight excluding hydrogens is 540 g/mol. The van der Waals surface area contributed by atoms with Crippen molar-refractivity contribution in [2.24, 2.45) is 5.92 Å². The molecule has 41 heavy (non-hydrogen) atoms. The molecule has 4 aromatic rings. The molecule has 1 aliphatic rings. The summed E-state index contributed by atoms with van der Waals surface area (Å²) in [4.78, 5) is 30.3. The van der Waals surface area contributed by atoms with E-state index in [4.69, 9.17) is 19.2 Å². The van der Waals surface area contributed by atoms with Gasteiger partial charge in [-0.15, -0.1) is 0 Å². The number of hydrogen-bond acceptors (Lipinski definition) is 7. The second-order valence-corrected chi connectivity index (χ2v) is 17.4. The molecule has 2 aromatic heterocycles. The number of ether oxygens (including phenoxy) is 3. The maximum Gasteiger partial charge on any atom is 0.416 e. The zero-order chi connectivity index (χ0) is 29.7. The number of esters is 1. The van der Waals surface area contributed by atoms with Gasteiger partial charge in [0.05, 0.1) is 53.7 Å². The molecule has 214 valence electrons. The molecular formula is C30H34N4O6Si. The molecule has 1 N–H and O–H groups in total. The van der Waals surface area contributed by atoms with Crippen molar-refractivity contribution >= 4 is 42.1 Å². The molecule has 2 atom stereocenters. The summed E-state index contributed by atoms with van der Waals surface area (Å²) >= 11 is 0. The lowest BCUT2D eigenvalue weighted by Crippen LogP contribution is -2.25. The van der Waals surface area contributed by atoms with E-state index in [1.807, 2.05) is 17.6 Å². The number of nitriles is 1. The minimum Gasteiger partial charge on any atom is -0.496 e. The molecule has 0 bridgehead atoms. The number of carbonyl (C=O) groups is 2. The lowest BCUT2D eigenvalue weighted by molar-refractivity contribution is -0.142. The van der Waals surface area contributed by atoms with Crippen molar-refractivity contribution in [3.63, 3.8) is 0 Å². The molecule has 2 aromatic carbocycles. The average molecular weight is 575 g/mol. The van der Waals surface area contributed by atoms with Crippen LogP contribution in [0.2, 0.25) is 25.7 Å². The van der Waals surface area contributed by atoms with Crippen molar-refractivity contribution in [1.29, 1.82) is 5.26 Å². The van der Waals surface area contributed by atoms with Crippen LogP contribution in [0.3, 0.4) is 0 Å². The summed E-state index contributed by atoms with van der Waals surface area (Å²) < 4.78 is 20.5. The minimum atomic E-state index is -1.34. The maximum absolute atomic E-state index is 13.2. The van der Waals surface area contributed by atoms with Crippen LogP contribution in [0.1, 0.15) is 28.9 Å². The van der Waals surface area contributed by atoms with Crippen molar-refractivity contribution in [3.8, 4) is 11.8 Å². The Kier molecular flexibility index (Phi) is 7.17. The Hall–Kier alpha value is -4.14. The van der Waals surface area contributed by atoms with Gasteiger partial charge in [0.1, 0.15) is 18.3 Å². The van der Waals surface area contributed by atoms with E-state index in [1.165, 1.54) is 17.9 Å². The van der Waals surface area contributed by atoms with Gasteiger partial charge in [-0.3, -0.25) is 9.36 Å². The number of carbonyl (C=O) groups excluding carboxylic acids is 1. The summed E-state index contributed by atoms with van der Waals surface area (Å²) in [6.07, 6.45) is 0.782. The van der Waals surface area contributed by atoms with Crippen LogP contribution in [-0.2, 0) is 26.4 Å². The molecule has 1 saturated carbocycles. The maximum atomic E-state index is 13.2. The van der Waals surface area contributed by atoms with Gasteiger partial charge in [0.2, 0.25) is 0 Å². The van der Waals surface area contributed by atoms with Crippen molar-refractivity contribution in [2.75, 3.05) is 20.8 Å². The standard InChI is InChI=1S/C30H34N4O6Si/c1-18-13-24(38-2)25(20-9-10-33(26(18)20)29(36)37)30(15-21(30)27(35)39-3)28-32-22-14-19(16-31)7-8-23(22)34(28)17-40-11-12-41(4,5)6/h7-10,13-14,21H,11-12,15,17H2,1-6H3,(H,36,37). The molecule has 0 aliphatic heterocycles. The fourth-order valence-corrected chi connectivity index (χ4v) is 6.57. The Morgan fingerprint density at radius 1 is 1.22 bits per heavy atom. The van der Waals surface area contributed by atoms with Crippen molar-refractivity contribution < 1.29 is 28.9 Å². The molecule has 0 spiro atoms. The zero-order valence-corrected chi connectivity index (χ0v) is 25.1. The summed E-state index contributed by atoms with van der Waals surface area (Å²) in [6.45, 7) is 9.47. The van der Waals surface area contributed by atoms with Crippen LogP contribution in [0.15, 0.2) is 36.5 Å². The monoisotopic (exact) mass is 574 g/mol. The van der Waals surface area contributed by atoms with Crippen LogP contribution in [-0.4, -0.2) is 60.2 Å². The third-order valence-electron chi connectivity index (χ3n) is 7.93. The zero-order valence-electron chi connectivity index (χ0n) is 24.1. The predicted molar refractivity (Wildman–Crippen MR) is 156 cm³/mol. The van der Waals surface area contributed by atoms with Gasteiger partial charge in [0.15, 0.2) is 0 Å². The van der Waals surface area contributed by atoms with E-state index < -0.39 is 31.5 Å². The fraction of sp³-hybridized carbons (Fsp3) is 0.400. The van der Waals surface area contributed by atoms with E-state index in [1.54, 1.807) is 31.4 Å². The first-order valence-corrected chi connectivity index (χ1v) is 17.2. The number of aryl methyl sites for hydroxylation is 1. The quantitative estimate of drug-likeness (QED) is 0.158. The Labute approximate surface area is 239 Å². The van der Waals surface area contributed by atoms with Crippen LogP contribution in [0.25, 0.3) is 21.9 Å². The normalized spacial score (nSPS) is 18.4. The van der Waals surface area contributed by atoms with Gasteiger partial charge in [-0.1, -0.05) is 19.6 Å². The third kappa shape index (κ3) is 4.77. The van der Waals surface area contributed by atoms with E-state index in [9.17, 15) is 20.0 Å². The smallest absolute Gasteiger partial charge is 0.416 e. The fourth-order valence-electron chi connectivity index (χ4n) is 5.82. The number of imidazole rings is 1. The Morgan fingerprint density at radius 3 is 2.61 bits per heavy atom. The summed E-state index contributed by atoms with van der Waals surface area (Å²) in [6, 6.07) is 12.0. The molecule has 0 saturated heterocycles. The minimum absolute atomic E-state index is 0.200. The number of fused-ring (bicyclic) bond motifs is 2. The molecule has 1 aliphatic carbocycles. The largest absolute Gasteiger partial charge is 0.496 e. The first kappa shape index (κ1) is 28.4. The molecule has 5 rings (SSSR count). The Balaban J connectivity index is 1.78. The van der Waals surface area contributed by atoms with Crippen molar-refractivity contribution in [1.82, 2.24) is 14.1 Å². The van der Waals surface area contributed by atoms with Crippen molar-refractivity contribution in [3.05, 3.63) is 59.0 Å². The summed E-state index contributed by atoms with van der Waals surface area (Å²) in [5.74, 6) is 0.126. The Bertz CT molecular complexity index is 1730. The number of benzene rings is 2. The number of nitrogens with zero attached hydrogens (tertiary/aromatic N) is 4. The summed E-state index contributed by atoms with van der Waals surface area (Å²) in [5, 5.41) is 20.1. The van der Waals surface area contributed by atoms with Gasteiger partial charge in [-0.25, -0.2) is 9.78 Å². The van der Waals surface area contributed by atoms with Gasteiger partial charge < -0.3 is 23.9 Å². The molecule has 2 unspecified atom stereocenters. The van der Waals surface area contributed by atoms with Crippen LogP contribution in [0.4, 0.5) is 4.79 Å². The molecule has 0 amide bonds. The third-order valence-corrected chi connectivity index (χ3v) is 9.64. The Morgan fingerprint density at radius 2 is 1.98 bits per heavy atom. The van der Waals surface area contributed by atoms with Crippen molar-refractivity contribution in [2.45, 2.75) is 51.2 Å². The lowest BCUT2D eigenvalue weighted by atomic mass is 9.87. The van der Waals surface area contributed by atoms with Crippen LogP contribution in [0, 0.1) is 24.2 Å². The van der Waals surface area contributed by atoms with Gasteiger partial charge in [-0.2, -0.15) is 5.26 Å². The van der Waals surface area contributed by atoms with Crippen LogP contribution < -0.4 is 4.74 Å². The van der Waals surface area contributed by atoms with E-state index in [-0.39, 0.29) is 6.73 Å². The summed E-state index contributed by atoms with van der Waals surface area (Å²) in [5.41, 5.74) is 2.78. The lowest BCUT2D eigenvalue weighted by Gasteiger charge is -2.24. The summed E-state index contributed by atoms with van der Waals surface area (Å²) in [7, 11) is 1.58. The number of aromatic nitrogens is 3. The van der Waals surface area contributed by atoms with E-state index >= 15 is 0 Å². The van der Waals surface area contributed by atoms with Gasteiger partial charge in [0, 0.05) is 31.8 Å². The SMILES string of the molecule is COC(=O)C1CC1(c1c(OC)cc(C)c2c1ccn2C(=O)O)c1nc2cc(C#N)ccc2n1COCC[Si](C)(C)C. The number of carboxylic acid groups (broad SMARTS) is 1.